The third-order valence-electron chi connectivity index (χ3n) is 2.69. The zero-order chi connectivity index (χ0) is 14.5. The largest absolute Gasteiger partial charge is 0.283 e. The van der Waals surface area contributed by atoms with Crippen molar-refractivity contribution in [2.45, 2.75) is 11.5 Å². The molecule has 20 heavy (non-hydrogen) atoms. The predicted molar refractivity (Wildman–Crippen MR) is 87.2 cm³/mol. The second-order valence-electron chi connectivity index (χ2n) is 4.13. The average Bonchev–Trinajstić information content (AvgIpc) is 2.42. The molecule has 2 rings (SSSR count). The first-order valence-corrected chi connectivity index (χ1v) is 8.14. The van der Waals surface area contributed by atoms with E-state index in [1.807, 2.05) is 30.3 Å². The maximum Gasteiger partial charge on any atom is 0.283 e. The van der Waals surface area contributed by atoms with Gasteiger partial charge in [0.15, 0.2) is 0 Å². The summed E-state index contributed by atoms with van der Waals surface area (Å²) in [6, 6.07) is 12.9. The van der Waals surface area contributed by atoms with Crippen molar-refractivity contribution in [2.24, 2.45) is 0 Å². The van der Waals surface area contributed by atoms with E-state index in [-0.39, 0.29) is 10.6 Å². The molecule has 0 radical (unpaired) electrons. The fourth-order valence-electron chi connectivity index (χ4n) is 1.68. The average molecular weight is 373 g/mol. The van der Waals surface area contributed by atoms with Gasteiger partial charge in [-0.25, -0.2) is 0 Å². The molecule has 0 amide bonds. The van der Waals surface area contributed by atoms with Gasteiger partial charge in [-0.1, -0.05) is 35.9 Å². The lowest BCUT2D eigenvalue weighted by Gasteiger charge is -2.05. The van der Waals surface area contributed by atoms with Crippen molar-refractivity contribution >= 4 is 45.0 Å². The lowest BCUT2D eigenvalue weighted by atomic mass is 10.2. The van der Waals surface area contributed by atoms with Gasteiger partial charge in [0.05, 0.1) is 9.40 Å². The van der Waals surface area contributed by atoms with Gasteiger partial charge in [0, 0.05) is 22.6 Å². The van der Waals surface area contributed by atoms with Crippen molar-refractivity contribution in [3.05, 3.63) is 73.2 Å². The Morgan fingerprint density at radius 2 is 1.95 bits per heavy atom. The first-order valence-electron chi connectivity index (χ1n) is 5.82. The van der Waals surface area contributed by atoms with Crippen molar-refractivity contribution in [2.75, 3.05) is 0 Å². The lowest BCUT2D eigenvalue weighted by Crippen LogP contribution is -1.91. The molecule has 0 aliphatic heterocycles. The van der Waals surface area contributed by atoms with Crippen molar-refractivity contribution in [1.82, 2.24) is 0 Å². The number of rotatable bonds is 5. The Morgan fingerprint density at radius 3 is 2.65 bits per heavy atom. The van der Waals surface area contributed by atoms with Crippen LogP contribution in [-0.2, 0) is 11.5 Å². The predicted octanol–water partition coefficient (Wildman–Crippen LogP) is 5.44. The fourth-order valence-corrected chi connectivity index (χ4v) is 3.34. The van der Waals surface area contributed by atoms with Gasteiger partial charge >= 0.3 is 0 Å². The molecule has 0 aliphatic rings. The molecule has 0 heterocycles. The van der Waals surface area contributed by atoms with Gasteiger partial charge in [-0.3, -0.25) is 10.1 Å². The van der Waals surface area contributed by atoms with E-state index in [2.05, 4.69) is 15.9 Å². The molecule has 0 N–H and O–H groups in total. The van der Waals surface area contributed by atoms with Crippen LogP contribution in [-0.4, -0.2) is 4.92 Å². The van der Waals surface area contributed by atoms with Crippen LogP contribution in [0.5, 0.6) is 0 Å². The van der Waals surface area contributed by atoms with E-state index in [0.717, 1.165) is 21.9 Å². The van der Waals surface area contributed by atoms with Crippen LogP contribution < -0.4 is 0 Å². The highest BCUT2D eigenvalue weighted by Crippen LogP contribution is 2.28. The Kier molecular flexibility index (Phi) is 5.46. The number of nitro groups is 1. The third-order valence-corrected chi connectivity index (χ3v) is 4.78. The molecular formula is C14H11BrClNO2S. The number of halogens is 2. The molecule has 0 fully saturated rings. The number of thioether (sulfide) groups is 1. The van der Waals surface area contributed by atoms with E-state index in [4.69, 9.17) is 11.6 Å². The summed E-state index contributed by atoms with van der Waals surface area (Å²) in [6.07, 6.45) is 0. The van der Waals surface area contributed by atoms with Crippen LogP contribution in [0, 0.1) is 10.1 Å². The molecule has 0 saturated heterocycles. The van der Waals surface area contributed by atoms with E-state index in [1.165, 1.54) is 0 Å². The van der Waals surface area contributed by atoms with Crippen LogP contribution >= 0.6 is 39.3 Å². The van der Waals surface area contributed by atoms with Crippen molar-refractivity contribution in [1.29, 1.82) is 0 Å². The minimum absolute atomic E-state index is 0.0980. The van der Waals surface area contributed by atoms with Gasteiger partial charge in [-0.05, 0) is 39.2 Å². The van der Waals surface area contributed by atoms with E-state index in [1.54, 1.807) is 23.9 Å². The Bertz CT molecular complexity index is 636. The summed E-state index contributed by atoms with van der Waals surface area (Å²) < 4.78 is 0.502. The summed E-state index contributed by atoms with van der Waals surface area (Å²) in [5, 5.41) is 11.6. The van der Waals surface area contributed by atoms with Crippen LogP contribution in [0.2, 0.25) is 5.02 Å². The smallest absolute Gasteiger partial charge is 0.258 e. The van der Waals surface area contributed by atoms with Gasteiger partial charge in [0.1, 0.15) is 0 Å². The summed E-state index contributed by atoms with van der Waals surface area (Å²) in [7, 11) is 0. The molecule has 6 heteroatoms. The van der Waals surface area contributed by atoms with Crippen LogP contribution in [0.25, 0.3) is 0 Å². The second kappa shape index (κ2) is 7.11. The topological polar surface area (TPSA) is 43.1 Å². The molecule has 0 bridgehead atoms. The highest BCUT2D eigenvalue weighted by molar-refractivity contribution is 9.10. The van der Waals surface area contributed by atoms with Gasteiger partial charge < -0.3 is 0 Å². The number of benzene rings is 2. The summed E-state index contributed by atoms with van der Waals surface area (Å²) in [4.78, 5) is 10.5. The van der Waals surface area contributed by atoms with Crippen LogP contribution in [0.1, 0.15) is 11.1 Å². The van der Waals surface area contributed by atoms with E-state index < -0.39 is 0 Å². The summed E-state index contributed by atoms with van der Waals surface area (Å²) in [5.74, 6) is 1.49. The van der Waals surface area contributed by atoms with Gasteiger partial charge in [-0.2, -0.15) is 11.8 Å². The number of hydrogen-bond donors (Lipinski definition) is 0. The highest BCUT2D eigenvalue weighted by Gasteiger charge is 2.12. The van der Waals surface area contributed by atoms with Crippen LogP contribution in [0.4, 0.5) is 5.69 Å². The maximum absolute atomic E-state index is 10.9. The molecule has 2 aromatic rings. The van der Waals surface area contributed by atoms with Crippen LogP contribution in [0.3, 0.4) is 0 Å². The molecule has 0 unspecified atom stereocenters. The molecule has 0 atom stereocenters. The molecule has 104 valence electrons. The molecular weight excluding hydrogens is 362 g/mol. The molecule has 0 saturated carbocycles. The van der Waals surface area contributed by atoms with Gasteiger partial charge in [0.25, 0.3) is 5.69 Å². The normalized spacial score (nSPS) is 10.5. The minimum Gasteiger partial charge on any atom is -0.258 e. The Balaban J connectivity index is 2.00. The summed E-state index contributed by atoms with van der Waals surface area (Å²) in [6.45, 7) is 0. The Morgan fingerprint density at radius 1 is 1.20 bits per heavy atom. The van der Waals surface area contributed by atoms with Crippen molar-refractivity contribution < 1.29 is 4.92 Å². The van der Waals surface area contributed by atoms with Crippen molar-refractivity contribution in [3.63, 3.8) is 0 Å². The lowest BCUT2D eigenvalue weighted by molar-refractivity contribution is -0.385. The summed E-state index contributed by atoms with van der Waals surface area (Å²) >= 11 is 10.9. The standard InChI is InChI=1S/C14H11BrClNO2S/c15-12-6-5-10(7-14(12)17(18)19)8-20-9-11-3-1-2-4-13(11)16/h1-7H,8-9H2. The Hall–Kier alpha value is -1.04. The fraction of sp³-hybridized carbons (Fsp3) is 0.143. The van der Waals surface area contributed by atoms with E-state index in [0.29, 0.717) is 10.2 Å². The number of hydrogen-bond acceptors (Lipinski definition) is 3. The maximum atomic E-state index is 10.9. The second-order valence-corrected chi connectivity index (χ2v) is 6.37. The van der Waals surface area contributed by atoms with E-state index >= 15 is 0 Å². The quantitative estimate of drug-likeness (QED) is 0.518. The molecule has 0 aliphatic carbocycles. The third kappa shape index (κ3) is 3.98. The monoisotopic (exact) mass is 371 g/mol. The van der Waals surface area contributed by atoms with Gasteiger partial charge in [0.2, 0.25) is 0 Å². The van der Waals surface area contributed by atoms with E-state index in [9.17, 15) is 10.1 Å². The molecule has 2 aromatic carbocycles. The molecule has 0 aromatic heterocycles. The number of nitrogens with zero attached hydrogens (tertiary/aromatic N) is 1. The Labute approximate surface area is 134 Å². The first-order chi connectivity index (χ1) is 9.58. The SMILES string of the molecule is O=[N+]([O-])c1cc(CSCc2ccccc2Cl)ccc1Br. The first kappa shape index (κ1) is 15.4. The zero-order valence-electron chi connectivity index (χ0n) is 10.4. The zero-order valence-corrected chi connectivity index (χ0v) is 13.5. The van der Waals surface area contributed by atoms with Crippen LogP contribution in [0.15, 0.2) is 46.9 Å². The molecule has 0 spiro atoms. The minimum atomic E-state index is -0.383. The van der Waals surface area contributed by atoms with Crippen molar-refractivity contribution in [3.8, 4) is 0 Å². The van der Waals surface area contributed by atoms with Gasteiger partial charge in [-0.15, -0.1) is 0 Å². The highest BCUT2D eigenvalue weighted by atomic mass is 79.9. The molecule has 3 nitrogen and oxygen atoms in total. The number of nitro benzene ring substituents is 1. The summed E-state index contributed by atoms with van der Waals surface area (Å²) in [5.41, 5.74) is 2.10.